The van der Waals surface area contributed by atoms with Gasteiger partial charge in [0.15, 0.2) is 0 Å². The molecule has 2 N–H and O–H groups in total. The molecule has 3 amide bonds. The Kier molecular flexibility index (Phi) is 5.75. The smallest absolute Gasteiger partial charge is 0.315 e. The third-order valence-electron chi connectivity index (χ3n) is 3.87. The van der Waals surface area contributed by atoms with E-state index in [9.17, 15) is 9.59 Å². The molecule has 1 aliphatic rings. The summed E-state index contributed by atoms with van der Waals surface area (Å²) in [5.41, 5.74) is 1.04. The number of rotatable bonds is 6. The van der Waals surface area contributed by atoms with Crippen molar-refractivity contribution in [3.05, 3.63) is 30.1 Å². The normalized spacial score (nSPS) is 17.2. The van der Waals surface area contributed by atoms with E-state index >= 15 is 0 Å². The first kappa shape index (κ1) is 16.3. The molecule has 1 aromatic rings. The van der Waals surface area contributed by atoms with E-state index in [4.69, 9.17) is 0 Å². The van der Waals surface area contributed by atoms with Gasteiger partial charge >= 0.3 is 6.03 Å². The van der Waals surface area contributed by atoms with Crippen molar-refractivity contribution >= 4 is 11.9 Å². The van der Waals surface area contributed by atoms with Gasteiger partial charge in [0, 0.05) is 37.9 Å². The highest BCUT2D eigenvalue weighted by molar-refractivity contribution is 5.78. The summed E-state index contributed by atoms with van der Waals surface area (Å²) in [6.45, 7) is 5.30. The van der Waals surface area contributed by atoms with Crippen LogP contribution in [0.5, 0.6) is 0 Å². The van der Waals surface area contributed by atoms with Gasteiger partial charge in [-0.3, -0.25) is 9.78 Å². The fourth-order valence-corrected chi connectivity index (χ4v) is 2.71. The van der Waals surface area contributed by atoms with Gasteiger partial charge in [-0.15, -0.1) is 0 Å². The topological polar surface area (TPSA) is 74.3 Å². The summed E-state index contributed by atoms with van der Waals surface area (Å²) in [5.74, 6) is 0.178. The molecular weight excluding hydrogens is 280 g/mol. The van der Waals surface area contributed by atoms with Crippen LogP contribution < -0.4 is 10.6 Å². The standard InChI is InChI=1S/C16H24N4O2/c1-3-14(13-6-8-17-9-7-13)19-16(22)18-12(2)11-20-10-4-5-15(20)21/h6-9,12,14H,3-5,10-11H2,1-2H3,(H2,18,19,22)/t12-,14+/m1/s1. The Morgan fingerprint density at radius 3 is 2.68 bits per heavy atom. The van der Waals surface area contributed by atoms with Crippen LogP contribution in [-0.2, 0) is 4.79 Å². The molecule has 0 radical (unpaired) electrons. The first-order valence-corrected chi connectivity index (χ1v) is 7.85. The number of nitrogens with zero attached hydrogens (tertiary/aromatic N) is 2. The molecule has 2 rings (SSSR count). The van der Waals surface area contributed by atoms with Gasteiger partial charge in [-0.1, -0.05) is 6.92 Å². The summed E-state index contributed by atoms with van der Waals surface area (Å²) in [4.78, 5) is 29.5. The number of carbonyl (C=O) groups excluding carboxylic acids is 2. The van der Waals surface area contributed by atoms with E-state index in [-0.39, 0.29) is 24.0 Å². The average molecular weight is 304 g/mol. The molecule has 6 nitrogen and oxygen atoms in total. The predicted octanol–water partition coefficient (Wildman–Crippen LogP) is 1.84. The molecule has 1 aromatic heterocycles. The van der Waals surface area contributed by atoms with Gasteiger partial charge in [0.2, 0.25) is 5.91 Å². The van der Waals surface area contributed by atoms with Crippen LogP contribution in [0.25, 0.3) is 0 Å². The molecule has 22 heavy (non-hydrogen) atoms. The summed E-state index contributed by atoms with van der Waals surface area (Å²) >= 11 is 0. The van der Waals surface area contributed by atoms with Gasteiger partial charge in [-0.25, -0.2) is 4.79 Å². The molecule has 120 valence electrons. The molecule has 6 heteroatoms. The number of hydrogen-bond donors (Lipinski definition) is 2. The Balaban J connectivity index is 1.82. The molecule has 0 bridgehead atoms. The van der Waals surface area contributed by atoms with Crippen LogP contribution >= 0.6 is 0 Å². The molecule has 2 atom stereocenters. The molecule has 1 aliphatic heterocycles. The lowest BCUT2D eigenvalue weighted by Crippen LogP contribution is -2.47. The number of amides is 3. The molecular formula is C16H24N4O2. The lowest BCUT2D eigenvalue weighted by molar-refractivity contribution is -0.127. The minimum Gasteiger partial charge on any atom is -0.341 e. The Bertz CT molecular complexity index is 506. The number of aromatic nitrogens is 1. The zero-order valence-corrected chi connectivity index (χ0v) is 13.2. The van der Waals surface area contributed by atoms with E-state index < -0.39 is 0 Å². The van der Waals surface area contributed by atoms with Crippen LogP contribution in [0.3, 0.4) is 0 Å². The number of pyridine rings is 1. The Morgan fingerprint density at radius 2 is 2.09 bits per heavy atom. The Hall–Kier alpha value is -2.11. The second-order valence-corrected chi connectivity index (χ2v) is 5.70. The van der Waals surface area contributed by atoms with Crippen LogP contribution in [-0.4, -0.2) is 41.0 Å². The molecule has 1 saturated heterocycles. The molecule has 0 saturated carbocycles. The monoisotopic (exact) mass is 304 g/mol. The summed E-state index contributed by atoms with van der Waals surface area (Å²) in [5, 5.41) is 5.87. The minimum atomic E-state index is -0.206. The second kappa shape index (κ2) is 7.77. The van der Waals surface area contributed by atoms with Crippen molar-refractivity contribution in [1.29, 1.82) is 0 Å². The second-order valence-electron chi connectivity index (χ2n) is 5.70. The molecule has 0 aromatic carbocycles. The van der Waals surface area contributed by atoms with E-state index in [1.807, 2.05) is 30.9 Å². The van der Waals surface area contributed by atoms with Gasteiger partial charge < -0.3 is 15.5 Å². The summed E-state index contributed by atoms with van der Waals surface area (Å²) < 4.78 is 0. The fraction of sp³-hybridized carbons (Fsp3) is 0.562. The van der Waals surface area contributed by atoms with Crippen molar-refractivity contribution in [3.63, 3.8) is 0 Å². The van der Waals surface area contributed by atoms with Crippen LogP contribution in [0.1, 0.15) is 44.7 Å². The van der Waals surface area contributed by atoms with Crippen molar-refractivity contribution in [2.75, 3.05) is 13.1 Å². The van der Waals surface area contributed by atoms with E-state index in [1.54, 1.807) is 12.4 Å². The first-order valence-electron chi connectivity index (χ1n) is 7.85. The predicted molar refractivity (Wildman–Crippen MR) is 84.2 cm³/mol. The number of urea groups is 1. The van der Waals surface area contributed by atoms with E-state index in [1.165, 1.54) is 0 Å². The zero-order chi connectivity index (χ0) is 15.9. The molecule has 0 aliphatic carbocycles. The van der Waals surface area contributed by atoms with Crippen molar-refractivity contribution in [2.45, 2.75) is 45.2 Å². The minimum absolute atomic E-state index is 0.0383. The third kappa shape index (κ3) is 4.44. The van der Waals surface area contributed by atoms with E-state index in [0.717, 1.165) is 24.9 Å². The van der Waals surface area contributed by atoms with Gasteiger partial charge in [0.25, 0.3) is 0 Å². The maximum absolute atomic E-state index is 12.1. The molecule has 0 unspecified atom stereocenters. The number of hydrogen-bond acceptors (Lipinski definition) is 3. The van der Waals surface area contributed by atoms with Gasteiger partial charge in [-0.05, 0) is 37.5 Å². The summed E-state index contributed by atoms with van der Waals surface area (Å²) in [7, 11) is 0. The molecule has 2 heterocycles. The SMILES string of the molecule is CC[C@H](NC(=O)N[C@H](C)CN1CCCC1=O)c1ccncc1. The van der Waals surface area contributed by atoms with Crippen LogP contribution in [0.4, 0.5) is 4.79 Å². The Labute approximate surface area is 131 Å². The first-order chi connectivity index (χ1) is 10.6. The zero-order valence-electron chi connectivity index (χ0n) is 13.2. The number of likely N-dealkylation sites (tertiary alicyclic amines) is 1. The summed E-state index contributed by atoms with van der Waals surface area (Å²) in [6.07, 6.45) is 5.78. The third-order valence-corrected chi connectivity index (χ3v) is 3.87. The van der Waals surface area contributed by atoms with Gasteiger partial charge in [0.1, 0.15) is 0 Å². The van der Waals surface area contributed by atoms with Crippen molar-refractivity contribution in [1.82, 2.24) is 20.5 Å². The highest BCUT2D eigenvalue weighted by Crippen LogP contribution is 2.15. The van der Waals surface area contributed by atoms with Crippen molar-refractivity contribution in [3.8, 4) is 0 Å². The maximum atomic E-state index is 12.1. The fourth-order valence-electron chi connectivity index (χ4n) is 2.71. The van der Waals surface area contributed by atoms with Crippen molar-refractivity contribution < 1.29 is 9.59 Å². The Morgan fingerprint density at radius 1 is 1.36 bits per heavy atom. The van der Waals surface area contributed by atoms with Crippen LogP contribution in [0.15, 0.2) is 24.5 Å². The molecule has 1 fully saturated rings. The lowest BCUT2D eigenvalue weighted by Gasteiger charge is -2.23. The van der Waals surface area contributed by atoms with Crippen LogP contribution in [0, 0.1) is 0 Å². The number of nitrogens with one attached hydrogen (secondary N) is 2. The molecule has 0 spiro atoms. The quantitative estimate of drug-likeness (QED) is 0.842. The van der Waals surface area contributed by atoms with Gasteiger partial charge in [-0.2, -0.15) is 0 Å². The average Bonchev–Trinajstić information content (AvgIpc) is 2.90. The van der Waals surface area contributed by atoms with Crippen LogP contribution in [0.2, 0.25) is 0 Å². The van der Waals surface area contributed by atoms with E-state index in [0.29, 0.717) is 13.0 Å². The number of carbonyl (C=O) groups is 2. The largest absolute Gasteiger partial charge is 0.341 e. The maximum Gasteiger partial charge on any atom is 0.315 e. The van der Waals surface area contributed by atoms with Gasteiger partial charge in [0.05, 0.1) is 6.04 Å². The highest BCUT2D eigenvalue weighted by Gasteiger charge is 2.22. The van der Waals surface area contributed by atoms with Crippen molar-refractivity contribution in [2.24, 2.45) is 0 Å². The summed E-state index contributed by atoms with van der Waals surface area (Å²) in [6, 6.07) is 3.49. The van der Waals surface area contributed by atoms with E-state index in [2.05, 4.69) is 15.6 Å². The highest BCUT2D eigenvalue weighted by atomic mass is 16.2. The lowest BCUT2D eigenvalue weighted by atomic mass is 10.1.